The van der Waals surface area contributed by atoms with Crippen LogP contribution in [0.4, 0.5) is 0 Å². The van der Waals surface area contributed by atoms with Gasteiger partial charge in [0.15, 0.2) is 0 Å². The van der Waals surface area contributed by atoms with Crippen LogP contribution in [0.15, 0.2) is 24.3 Å². The highest BCUT2D eigenvalue weighted by Crippen LogP contribution is 2.39. The number of aliphatic hydroxyl groups is 1. The summed E-state index contributed by atoms with van der Waals surface area (Å²) >= 11 is 0. The quantitative estimate of drug-likeness (QED) is 0.813. The minimum Gasteiger partial charge on any atom is -0.385 e. The van der Waals surface area contributed by atoms with Gasteiger partial charge in [0.25, 0.3) is 0 Å². The summed E-state index contributed by atoms with van der Waals surface area (Å²) in [7, 11) is -0.948. The first-order chi connectivity index (χ1) is 11.5. The Hall–Kier alpha value is -0.710. The van der Waals surface area contributed by atoms with Crippen LogP contribution in [0.3, 0.4) is 0 Å². The van der Waals surface area contributed by atoms with E-state index in [9.17, 15) is 9.32 Å². The lowest BCUT2D eigenvalue weighted by Crippen LogP contribution is -2.30. The minimum absolute atomic E-state index is 0.631. The summed E-state index contributed by atoms with van der Waals surface area (Å²) in [5.41, 5.74) is 1.62. The maximum Gasteiger partial charge on any atom is 0.0896 e. The van der Waals surface area contributed by atoms with Crippen LogP contribution in [0, 0.1) is 5.92 Å². The van der Waals surface area contributed by atoms with Gasteiger partial charge in [-0.25, -0.2) is 8.93 Å². The molecule has 1 unspecified atom stereocenters. The normalized spacial score (nSPS) is 24.0. The van der Waals surface area contributed by atoms with Gasteiger partial charge < -0.3 is 5.11 Å². The summed E-state index contributed by atoms with van der Waals surface area (Å²) in [5.74, 6) is 0.732. The third-order valence-electron chi connectivity index (χ3n) is 4.31. The fraction of sp³-hybridized carbons (Fsp3) is 0.700. The lowest BCUT2D eigenvalue weighted by atomic mass is 9.76. The third-order valence-corrected chi connectivity index (χ3v) is 4.92. The highest BCUT2D eigenvalue weighted by Gasteiger charge is 2.33. The zero-order valence-corrected chi connectivity index (χ0v) is 17.2. The highest BCUT2D eigenvalue weighted by atomic mass is 32.2. The molecule has 24 heavy (non-hydrogen) atoms. The molecule has 140 valence electrons. The molecule has 1 aliphatic rings. The van der Waals surface area contributed by atoms with Crippen molar-refractivity contribution in [3.63, 3.8) is 0 Å². The molecule has 0 heterocycles. The monoisotopic (exact) mass is 355 g/mol. The molecule has 2 N–H and O–H groups in total. The molecule has 0 radical (unpaired) electrons. The molecule has 0 amide bonds. The van der Waals surface area contributed by atoms with Crippen molar-refractivity contribution in [2.45, 2.75) is 72.3 Å². The van der Waals surface area contributed by atoms with E-state index in [2.05, 4.69) is 23.8 Å². The molecular weight excluding hydrogens is 318 g/mol. The summed E-state index contributed by atoms with van der Waals surface area (Å²) in [6, 6.07) is 8.25. The van der Waals surface area contributed by atoms with Crippen molar-refractivity contribution in [1.82, 2.24) is 4.72 Å². The van der Waals surface area contributed by atoms with Gasteiger partial charge >= 0.3 is 0 Å². The second kappa shape index (κ2) is 12.6. The zero-order chi connectivity index (χ0) is 18.6. The van der Waals surface area contributed by atoms with Crippen molar-refractivity contribution in [2.75, 3.05) is 12.8 Å². The van der Waals surface area contributed by atoms with E-state index < -0.39 is 16.6 Å². The second-order valence-electron chi connectivity index (χ2n) is 6.01. The molecule has 1 atom stereocenters. The molecule has 0 spiro atoms. The van der Waals surface area contributed by atoms with Gasteiger partial charge in [-0.15, -0.1) is 0 Å². The smallest absolute Gasteiger partial charge is 0.0896 e. The molecule has 1 fully saturated rings. The van der Waals surface area contributed by atoms with Gasteiger partial charge in [-0.2, -0.15) is 0 Å². The van der Waals surface area contributed by atoms with E-state index in [1.54, 1.807) is 6.26 Å². The number of nitrogens with one attached hydrogen (secondary N) is 1. The Morgan fingerprint density at radius 2 is 1.62 bits per heavy atom. The molecule has 1 aliphatic carbocycles. The zero-order valence-electron chi connectivity index (χ0n) is 16.4. The summed E-state index contributed by atoms with van der Waals surface area (Å²) in [6.45, 7) is 11.0. The third kappa shape index (κ3) is 7.91. The largest absolute Gasteiger partial charge is 0.385 e. The Morgan fingerprint density at radius 1 is 1.12 bits per heavy atom. The van der Waals surface area contributed by atoms with Crippen LogP contribution in [-0.4, -0.2) is 22.1 Å². The van der Waals surface area contributed by atoms with Crippen LogP contribution in [-0.2, 0) is 23.0 Å². The predicted octanol–water partition coefficient (Wildman–Crippen LogP) is 4.56. The summed E-state index contributed by atoms with van der Waals surface area (Å²) in [4.78, 5) is 0. The van der Waals surface area contributed by atoms with Crippen molar-refractivity contribution < 1.29 is 9.32 Å². The van der Waals surface area contributed by atoms with E-state index in [0.29, 0.717) is 6.54 Å². The fourth-order valence-corrected chi connectivity index (χ4v) is 3.24. The number of hydrogen-bond donors (Lipinski definition) is 2. The summed E-state index contributed by atoms with van der Waals surface area (Å²) in [5, 5.41) is 10.7. The first kappa shape index (κ1) is 23.3. The van der Waals surface area contributed by atoms with E-state index in [-0.39, 0.29) is 0 Å². The first-order valence-electron chi connectivity index (χ1n) is 9.38. The highest BCUT2D eigenvalue weighted by molar-refractivity contribution is 7.82. The molecule has 1 aromatic rings. The van der Waals surface area contributed by atoms with E-state index in [1.807, 2.05) is 39.8 Å². The molecular formula is C20H37NO2S. The van der Waals surface area contributed by atoms with Crippen LogP contribution >= 0.6 is 0 Å². The standard InChI is InChI=1S/C16H25NO2S.2C2H6/c1-13-7-10-16(18,11-8-13)15-5-3-14(4-6-15)9-12-17-20(2)19;2*1-2/h3-6,13,17-18H,7-12H2,1-2H3;2*1-2H3. The predicted molar refractivity (Wildman–Crippen MR) is 106 cm³/mol. The van der Waals surface area contributed by atoms with Crippen molar-refractivity contribution in [3.05, 3.63) is 35.4 Å². The Kier molecular flexibility index (Phi) is 12.3. The average molecular weight is 356 g/mol. The van der Waals surface area contributed by atoms with Crippen LogP contribution in [0.25, 0.3) is 0 Å². The van der Waals surface area contributed by atoms with Crippen LogP contribution in [0.5, 0.6) is 0 Å². The van der Waals surface area contributed by atoms with E-state index >= 15 is 0 Å². The Morgan fingerprint density at radius 3 is 2.08 bits per heavy atom. The SMILES string of the molecule is CC.CC.CC1CCC(O)(c2ccc(CCNS(C)=O)cc2)CC1. The van der Waals surface area contributed by atoms with E-state index in [0.717, 1.165) is 43.6 Å². The van der Waals surface area contributed by atoms with Gasteiger partial charge in [-0.1, -0.05) is 58.9 Å². The first-order valence-corrected chi connectivity index (χ1v) is 10.9. The van der Waals surface area contributed by atoms with Gasteiger partial charge in [0.2, 0.25) is 0 Å². The summed E-state index contributed by atoms with van der Waals surface area (Å²) < 4.78 is 13.8. The summed E-state index contributed by atoms with van der Waals surface area (Å²) in [6.07, 6.45) is 6.43. The molecule has 0 bridgehead atoms. The van der Waals surface area contributed by atoms with Crippen molar-refractivity contribution in [1.29, 1.82) is 0 Å². The second-order valence-corrected chi connectivity index (χ2v) is 7.21. The van der Waals surface area contributed by atoms with Crippen LogP contribution in [0.2, 0.25) is 0 Å². The maximum atomic E-state index is 10.9. The Bertz CT molecular complexity index is 451. The molecule has 0 saturated heterocycles. The molecule has 4 heteroatoms. The topological polar surface area (TPSA) is 49.3 Å². The molecule has 1 aromatic carbocycles. The fourth-order valence-electron chi connectivity index (χ4n) is 2.85. The van der Waals surface area contributed by atoms with Gasteiger partial charge in [0.05, 0.1) is 16.6 Å². The average Bonchev–Trinajstić information content (AvgIpc) is 2.61. The van der Waals surface area contributed by atoms with Crippen molar-refractivity contribution in [2.24, 2.45) is 5.92 Å². The Labute approximate surface area is 151 Å². The minimum atomic E-state index is -0.948. The van der Waals surface area contributed by atoms with Gasteiger partial charge in [0, 0.05) is 12.8 Å². The Balaban J connectivity index is 0.00000123. The van der Waals surface area contributed by atoms with Crippen molar-refractivity contribution >= 4 is 11.0 Å². The maximum absolute atomic E-state index is 10.9. The lowest BCUT2D eigenvalue weighted by Gasteiger charge is -2.35. The molecule has 2 rings (SSSR count). The number of hydrogen-bond acceptors (Lipinski definition) is 2. The van der Waals surface area contributed by atoms with Crippen LogP contribution in [0.1, 0.15) is 71.4 Å². The lowest BCUT2D eigenvalue weighted by molar-refractivity contribution is -0.0120. The van der Waals surface area contributed by atoms with Gasteiger partial charge in [-0.3, -0.25) is 0 Å². The molecule has 0 aromatic heterocycles. The van der Waals surface area contributed by atoms with Crippen LogP contribution < -0.4 is 4.72 Å². The molecule has 3 nitrogen and oxygen atoms in total. The van der Waals surface area contributed by atoms with Gasteiger partial charge in [-0.05, 0) is 49.1 Å². The van der Waals surface area contributed by atoms with Crippen molar-refractivity contribution in [3.8, 4) is 0 Å². The van der Waals surface area contributed by atoms with E-state index in [4.69, 9.17) is 0 Å². The molecule has 1 saturated carbocycles. The number of benzene rings is 1. The molecule has 0 aliphatic heterocycles. The van der Waals surface area contributed by atoms with Gasteiger partial charge in [0.1, 0.15) is 0 Å². The number of rotatable bonds is 5. The van der Waals surface area contributed by atoms with E-state index in [1.165, 1.54) is 5.56 Å².